The zero-order chi connectivity index (χ0) is 16.9. The summed E-state index contributed by atoms with van der Waals surface area (Å²) in [6.45, 7) is 8.12. The standard InChI is InChI=1S/C20H31O3/c1-4-7-9-11-18-12-14-19(15-13-18)20(21)23-22-16-17(6-3)10-8-5-2/h12-17H,4-11H2,1-3H3. The average Bonchev–Trinajstić information content (AvgIpc) is 2.58. The highest BCUT2D eigenvalue weighted by Crippen LogP contribution is 2.17. The van der Waals surface area contributed by atoms with Crippen molar-refractivity contribution in [3.63, 3.8) is 0 Å². The van der Waals surface area contributed by atoms with Crippen LogP contribution < -0.4 is 0 Å². The van der Waals surface area contributed by atoms with E-state index in [1.54, 1.807) is 18.7 Å². The molecular weight excluding hydrogens is 288 g/mol. The van der Waals surface area contributed by atoms with Crippen molar-refractivity contribution >= 4 is 5.97 Å². The lowest BCUT2D eigenvalue weighted by atomic mass is 10.0. The molecule has 1 aromatic carbocycles. The summed E-state index contributed by atoms with van der Waals surface area (Å²) in [6, 6.07) is 7.60. The van der Waals surface area contributed by atoms with E-state index < -0.39 is 5.97 Å². The fourth-order valence-corrected chi connectivity index (χ4v) is 2.42. The van der Waals surface area contributed by atoms with Crippen molar-refractivity contribution in [3.05, 3.63) is 42.0 Å². The first kappa shape index (κ1) is 19.7. The molecule has 0 saturated heterocycles. The molecule has 3 nitrogen and oxygen atoms in total. The van der Waals surface area contributed by atoms with Gasteiger partial charge in [-0.3, -0.25) is 4.89 Å². The molecule has 0 aromatic heterocycles. The van der Waals surface area contributed by atoms with Gasteiger partial charge < -0.3 is 0 Å². The van der Waals surface area contributed by atoms with Crippen molar-refractivity contribution in [2.75, 3.05) is 0 Å². The maximum absolute atomic E-state index is 11.9. The van der Waals surface area contributed by atoms with Gasteiger partial charge in [0.2, 0.25) is 0 Å². The van der Waals surface area contributed by atoms with Crippen molar-refractivity contribution in [2.45, 2.75) is 72.1 Å². The van der Waals surface area contributed by atoms with Crippen LogP contribution in [0.25, 0.3) is 0 Å². The van der Waals surface area contributed by atoms with Gasteiger partial charge in [-0.25, -0.2) is 4.79 Å². The van der Waals surface area contributed by atoms with Crippen LogP contribution >= 0.6 is 0 Å². The van der Waals surface area contributed by atoms with Crippen LogP contribution in [0.2, 0.25) is 0 Å². The molecule has 3 heteroatoms. The summed E-state index contributed by atoms with van der Waals surface area (Å²) in [4.78, 5) is 21.9. The Morgan fingerprint density at radius 2 is 1.74 bits per heavy atom. The highest BCUT2D eigenvalue weighted by Gasteiger charge is 2.12. The minimum absolute atomic E-state index is 0.337. The molecule has 0 aliphatic heterocycles. The first-order valence-electron chi connectivity index (χ1n) is 9.01. The lowest BCUT2D eigenvalue weighted by Gasteiger charge is -2.12. The third-order valence-corrected chi connectivity index (χ3v) is 4.08. The molecule has 23 heavy (non-hydrogen) atoms. The van der Waals surface area contributed by atoms with E-state index in [2.05, 4.69) is 20.8 Å². The van der Waals surface area contributed by atoms with Crippen LogP contribution in [0.3, 0.4) is 0 Å². The fraction of sp³-hybridized carbons (Fsp3) is 0.600. The van der Waals surface area contributed by atoms with Crippen molar-refractivity contribution in [1.29, 1.82) is 0 Å². The van der Waals surface area contributed by atoms with E-state index in [1.807, 2.05) is 12.1 Å². The fourth-order valence-electron chi connectivity index (χ4n) is 2.42. The minimum atomic E-state index is -0.438. The van der Waals surface area contributed by atoms with Crippen LogP contribution in [-0.4, -0.2) is 5.97 Å². The quantitative estimate of drug-likeness (QED) is 0.274. The molecule has 0 fully saturated rings. The Morgan fingerprint density at radius 1 is 1.04 bits per heavy atom. The van der Waals surface area contributed by atoms with Gasteiger partial charge in [0.25, 0.3) is 0 Å². The molecule has 0 aliphatic carbocycles. The first-order valence-corrected chi connectivity index (χ1v) is 9.01. The average molecular weight is 319 g/mol. The molecule has 0 bridgehead atoms. The summed E-state index contributed by atoms with van der Waals surface area (Å²) >= 11 is 0. The van der Waals surface area contributed by atoms with E-state index in [4.69, 9.17) is 9.78 Å². The van der Waals surface area contributed by atoms with E-state index in [9.17, 15) is 4.79 Å². The number of carbonyl (C=O) groups excluding carboxylic acids is 1. The maximum Gasteiger partial charge on any atom is 0.373 e. The minimum Gasteiger partial charge on any atom is -0.292 e. The molecule has 0 saturated carbocycles. The number of rotatable bonds is 12. The SMILES string of the molecule is CCCCCc1ccc(C(=O)OO[CH]C(CC)CCCC)cc1. The van der Waals surface area contributed by atoms with Gasteiger partial charge in [-0.15, -0.1) is 0 Å². The third kappa shape index (κ3) is 8.17. The summed E-state index contributed by atoms with van der Waals surface area (Å²) in [5.41, 5.74) is 1.78. The molecule has 0 N–H and O–H groups in total. The van der Waals surface area contributed by atoms with E-state index in [0.29, 0.717) is 11.5 Å². The van der Waals surface area contributed by atoms with Crippen LogP contribution in [-0.2, 0) is 16.2 Å². The Labute approximate surface area is 141 Å². The normalized spacial score (nSPS) is 12.1. The lowest BCUT2D eigenvalue weighted by molar-refractivity contribution is -0.219. The van der Waals surface area contributed by atoms with Crippen LogP contribution in [0.1, 0.15) is 81.6 Å². The van der Waals surface area contributed by atoms with Gasteiger partial charge in [0.15, 0.2) is 0 Å². The molecule has 0 amide bonds. The first-order chi connectivity index (χ1) is 11.2. The molecule has 0 heterocycles. The molecule has 1 radical (unpaired) electrons. The van der Waals surface area contributed by atoms with Gasteiger partial charge in [-0.2, -0.15) is 4.89 Å². The Morgan fingerprint density at radius 3 is 2.35 bits per heavy atom. The Bertz CT molecular complexity index is 425. The Hall–Kier alpha value is -1.35. The molecular formula is C20H31O3. The smallest absolute Gasteiger partial charge is 0.292 e. The van der Waals surface area contributed by atoms with E-state index in [0.717, 1.165) is 32.1 Å². The zero-order valence-corrected chi connectivity index (χ0v) is 14.8. The Kier molecular flexibility index (Phi) is 10.4. The monoisotopic (exact) mass is 319 g/mol. The van der Waals surface area contributed by atoms with Crippen LogP contribution in [0.4, 0.5) is 0 Å². The maximum atomic E-state index is 11.9. The predicted octanol–water partition coefficient (Wildman–Crippen LogP) is 5.89. The summed E-state index contributed by atoms with van der Waals surface area (Å²) in [5, 5.41) is 0. The van der Waals surface area contributed by atoms with Crippen LogP contribution in [0.15, 0.2) is 24.3 Å². The second-order valence-corrected chi connectivity index (χ2v) is 6.07. The summed E-state index contributed by atoms with van der Waals surface area (Å²) in [7, 11) is 0. The highest BCUT2D eigenvalue weighted by atomic mass is 17.2. The number of aryl methyl sites for hydroxylation is 1. The Balaban J connectivity index is 2.33. The van der Waals surface area contributed by atoms with Crippen molar-refractivity contribution < 1.29 is 14.6 Å². The molecule has 1 atom stereocenters. The number of hydrogen-bond acceptors (Lipinski definition) is 3. The largest absolute Gasteiger partial charge is 0.373 e. The van der Waals surface area contributed by atoms with Gasteiger partial charge in [-0.1, -0.05) is 65.0 Å². The molecule has 1 rings (SSSR count). The van der Waals surface area contributed by atoms with Crippen molar-refractivity contribution in [1.82, 2.24) is 0 Å². The van der Waals surface area contributed by atoms with E-state index in [-0.39, 0.29) is 0 Å². The molecule has 0 spiro atoms. The predicted molar refractivity (Wildman–Crippen MR) is 93.8 cm³/mol. The van der Waals surface area contributed by atoms with Gasteiger partial charge in [0.1, 0.15) is 6.61 Å². The molecule has 1 unspecified atom stereocenters. The molecule has 0 aliphatic rings. The van der Waals surface area contributed by atoms with Gasteiger partial charge in [0, 0.05) is 0 Å². The zero-order valence-electron chi connectivity index (χ0n) is 14.8. The van der Waals surface area contributed by atoms with Gasteiger partial charge in [0.05, 0.1) is 5.56 Å². The summed E-state index contributed by atoms with van der Waals surface area (Å²) in [5.74, 6) is -0.101. The number of hydrogen-bond donors (Lipinski definition) is 0. The highest BCUT2D eigenvalue weighted by molar-refractivity contribution is 5.88. The van der Waals surface area contributed by atoms with Gasteiger partial charge >= 0.3 is 5.97 Å². The number of benzene rings is 1. The van der Waals surface area contributed by atoms with Crippen molar-refractivity contribution in [2.24, 2.45) is 5.92 Å². The van der Waals surface area contributed by atoms with E-state index in [1.165, 1.54) is 24.8 Å². The molecule has 129 valence electrons. The summed E-state index contributed by atoms with van der Waals surface area (Å²) in [6.07, 6.45) is 9.08. The van der Waals surface area contributed by atoms with E-state index >= 15 is 0 Å². The van der Waals surface area contributed by atoms with Gasteiger partial charge in [-0.05, 0) is 42.9 Å². The van der Waals surface area contributed by atoms with Crippen molar-refractivity contribution in [3.8, 4) is 0 Å². The molecule has 1 aromatic rings. The topological polar surface area (TPSA) is 35.5 Å². The second kappa shape index (κ2) is 12.1. The van der Waals surface area contributed by atoms with Crippen LogP contribution in [0.5, 0.6) is 0 Å². The lowest BCUT2D eigenvalue weighted by Crippen LogP contribution is -2.09. The third-order valence-electron chi connectivity index (χ3n) is 4.08. The van der Waals surface area contributed by atoms with Crippen LogP contribution in [0, 0.1) is 12.5 Å². The number of unbranched alkanes of at least 4 members (excludes halogenated alkanes) is 3. The summed E-state index contributed by atoms with van der Waals surface area (Å²) < 4.78 is 0. The number of carbonyl (C=O) groups is 1. The second-order valence-electron chi connectivity index (χ2n) is 6.07.